The van der Waals surface area contributed by atoms with Crippen molar-refractivity contribution in [2.24, 2.45) is 0 Å². The fraction of sp³-hybridized carbons (Fsp3) is 0.353. The van der Waals surface area contributed by atoms with Gasteiger partial charge in [-0.05, 0) is 111 Å². The molecule has 3 aliphatic heterocycles. The van der Waals surface area contributed by atoms with Crippen molar-refractivity contribution in [2.45, 2.75) is 44.6 Å². The van der Waals surface area contributed by atoms with E-state index in [1.807, 2.05) is 42.5 Å². The first-order valence-corrected chi connectivity index (χ1v) is 15.1. The highest BCUT2D eigenvalue weighted by Gasteiger charge is 2.32. The van der Waals surface area contributed by atoms with Gasteiger partial charge in [-0.2, -0.15) is 0 Å². The number of aryl methyl sites for hydroxylation is 2. The number of nitrogens with zero attached hydrogens (tertiary/aromatic N) is 3. The summed E-state index contributed by atoms with van der Waals surface area (Å²) in [4.78, 5) is 24.0. The number of hydrogen-bond acceptors (Lipinski definition) is 5. The third-order valence-electron chi connectivity index (χ3n) is 8.69. The summed E-state index contributed by atoms with van der Waals surface area (Å²) in [6.07, 6.45) is 6.22. The van der Waals surface area contributed by atoms with Gasteiger partial charge in [0.15, 0.2) is 11.5 Å². The molecule has 0 spiro atoms. The number of fused-ring (bicyclic) bond motifs is 2. The molecule has 2 saturated heterocycles. The topological polar surface area (TPSA) is 54.9 Å². The smallest absolute Gasteiger partial charge is 0.254 e. The Bertz CT molecular complexity index is 1580. The maximum Gasteiger partial charge on any atom is 0.254 e. The molecule has 4 aromatic rings. The zero-order valence-corrected chi connectivity index (χ0v) is 23.9. The van der Waals surface area contributed by atoms with Crippen LogP contribution < -0.4 is 9.47 Å². The Hall–Kier alpha value is -3.61. The van der Waals surface area contributed by atoms with Gasteiger partial charge in [-0.25, -0.2) is 0 Å². The second-order valence-corrected chi connectivity index (χ2v) is 11.8. The van der Waals surface area contributed by atoms with Crippen LogP contribution in [-0.2, 0) is 12.8 Å². The number of benzene rings is 3. The molecule has 210 valence electrons. The zero-order valence-electron chi connectivity index (χ0n) is 23.2. The van der Waals surface area contributed by atoms with Crippen LogP contribution in [-0.4, -0.2) is 59.7 Å². The summed E-state index contributed by atoms with van der Waals surface area (Å²) in [5, 5.41) is 1.63. The van der Waals surface area contributed by atoms with Crippen molar-refractivity contribution >= 4 is 28.4 Å². The van der Waals surface area contributed by atoms with Crippen LogP contribution in [0.15, 0.2) is 66.7 Å². The Kier molecular flexibility index (Phi) is 7.28. The van der Waals surface area contributed by atoms with Crippen molar-refractivity contribution < 1.29 is 14.3 Å². The summed E-state index contributed by atoms with van der Waals surface area (Å²) in [6.45, 7) is 4.31. The molecule has 0 aliphatic carbocycles. The Balaban J connectivity index is 1.24. The van der Waals surface area contributed by atoms with E-state index in [9.17, 15) is 4.79 Å². The quantitative estimate of drug-likeness (QED) is 0.247. The van der Waals surface area contributed by atoms with Crippen molar-refractivity contribution in [3.05, 3.63) is 88.6 Å². The highest BCUT2D eigenvalue weighted by molar-refractivity contribution is 6.30. The second kappa shape index (κ2) is 11.3. The van der Waals surface area contributed by atoms with E-state index < -0.39 is 0 Å². The first-order valence-electron chi connectivity index (χ1n) is 14.7. The van der Waals surface area contributed by atoms with Crippen molar-refractivity contribution in [3.63, 3.8) is 0 Å². The first-order chi connectivity index (χ1) is 20.1. The highest BCUT2D eigenvalue weighted by Crippen LogP contribution is 2.37. The van der Waals surface area contributed by atoms with Gasteiger partial charge < -0.3 is 19.3 Å². The molecule has 0 unspecified atom stereocenters. The van der Waals surface area contributed by atoms with Crippen LogP contribution in [0.4, 0.5) is 0 Å². The molecule has 0 bridgehead atoms. The highest BCUT2D eigenvalue weighted by atomic mass is 35.5. The van der Waals surface area contributed by atoms with E-state index >= 15 is 0 Å². The lowest BCUT2D eigenvalue weighted by Crippen LogP contribution is -2.42. The lowest BCUT2D eigenvalue weighted by molar-refractivity contribution is 0.0710. The number of halogens is 1. The molecule has 3 aromatic carbocycles. The summed E-state index contributed by atoms with van der Waals surface area (Å²) < 4.78 is 11.1. The molecule has 0 N–H and O–H groups in total. The fourth-order valence-corrected chi connectivity index (χ4v) is 6.60. The van der Waals surface area contributed by atoms with Gasteiger partial charge in [0.2, 0.25) is 6.79 Å². The van der Waals surface area contributed by atoms with Crippen LogP contribution in [0.1, 0.15) is 47.3 Å². The van der Waals surface area contributed by atoms with Gasteiger partial charge >= 0.3 is 0 Å². The van der Waals surface area contributed by atoms with E-state index in [4.69, 9.17) is 26.1 Å². The molecule has 7 rings (SSSR count). The van der Waals surface area contributed by atoms with Crippen LogP contribution >= 0.6 is 11.6 Å². The Morgan fingerprint density at radius 1 is 0.854 bits per heavy atom. The number of rotatable bonds is 7. The second-order valence-electron chi connectivity index (χ2n) is 11.4. The normalized spacial score (nSPS) is 18.5. The minimum atomic E-state index is 0.120. The average Bonchev–Trinajstić information content (AvgIpc) is 3.78. The summed E-state index contributed by atoms with van der Waals surface area (Å²) in [5.41, 5.74) is 5.78. The Labute approximate surface area is 245 Å². The largest absolute Gasteiger partial charge is 0.454 e. The minimum Gasteiger partial charge on any atom is -0.454 e. The van der Waals surface area contributed by atoms with Crippen molar-refractivity contribution in [1.82, 2.24) is 14.8 Å². The molecular weight excluding hydrogens is 534 g/mol. The standard InChI is InChI=1S/C34H34ClN3O3/c35-26-10-5-23(6-11-26)7-12-27-20-30(34(39)38-17-3-4-28(38)21-37-15-1-2-16-37)29-18-24(8-13-31(29)36-27)25-9-14-32-33(19-25)41-22-40-32/h5-6,8-11,13-14,18-20,28H,1-4,7,12,15-17,21-22H2/t28-/m0/s1. The monoisotopic (exact) mass is 567 g/mol. The van der Waals surface area contributed by atoms with Gasteiger partial charge in [0.05, 0.1) is 11.1 Å². The van der Waals surface area contributed by atoms with E-state index in [0.717, 1.165) is 102 Å². The molecule has 1 atom stereocenters. The number of carbonyl (C=O) groups is 1. The van der Waals surface area contributed by atoms with E-state index in [2.05, 4.69) is 34.1 Å². The lowest BCUT2D eigenvalue weighted by Gasteiger charge is -2.29. The number of hydrogen-bond donors (Lipinski definition) is 0. The molecule has 0 radical (unpaired) electrons. The molecule has 1 amide bonds. The van der Waals surface area contributed by atoms with E-state index in [0.29, 0.717) is 0 Å². The predicted molar refractivity (Wildman–Crippen MR) is 162 cm³/mol. The molecule has 2 fully saturated rings. The molecule has 6 nitrogen and oxygen atoms in total. The van der Waals surface area contributed by atoms with Crippen LogP contribution in [0.2, 0.25) is 5.02 Å². The number of ether oxygens (including phenoxy) is 2. The van der Waals surface area contributed by atoms with Crippen LogP contribution in [0.3, 0.4) is 0 Å². The molecule has 4 heterocycles. The average molecular weight is 568 g/mol. The molecule has 1 aromatic heterocycles. The summed E-state index contributed by atoms with van der Waals surface area (Å²) >= 11 is 6.09. The van der Waals surface area contributed by atoms with Gasteiger partial charge in [-0.1, -0.05) is 35.9 Å². The van der Waals surface area contributed by atoms with Crippen LogP contribution in [0.5, 0.6) is 11.5 Å². The summed E-state index contributed by atoms with van der Waals surface area (Å²) in [6, 6.07) is 22.5. The molecule has 3 aliphatic rings. The van der Waals surface area contributed by atoms with Gasteiger partial charge in [0.1, 0.15) is 0 Å². The number of aromatic nitrogens is 1. The van der Waals surface area contributed by atoms with E-state index in [1.54, 1.807) is 0 Å². The predicted octanol–water partition coefficient (Wildman–Crippen LogP) is 6.77. The van der Waals surface area contributed by atoms with Crippen molar-refractivity contribution in [2.75, 3.05) is 33.0 Å². The van der Waals surface area contributed by atoms with Crippen molar-refractivity contribution in [3.8, 4) is 22.6 Å². The molecule has 41 heavy (non-hydrogen) atoms. The van der Waals surface area contributed by atoms with Gasteiger partial charge in [0, 0.05) is 35.2 Å². The maximum absolute atomic E-state index is 14.3. The first kappa shape index (κ1) is 26.3. The SMILES string of the molecule is O=C(c1cc(CCc2ccc(Cl)cc2)nc2ccc(-c3ccc4c(c3)OCO4)cc12)N1CCC[C@H]1CN1CCCC1. The van der Waals surface area contributed by atoms with Crippen LogP contribution in [0, 0.1) is 0 Å². The van der Waals surface area contributed by atoms with Crippen LogP contribution in [0.25, 0.3) is 22.0 Å². The van der Waals surface area contributed by atoms with Gasteiger partial charge in [-0.3, -0.25) is 9.78 Å². The minimum absolute atomic E-state index is 0.120. The Morgan fingerprint density at radius 2 is 1.63 bits per heavy atom. The number of amides is 1. The zero-order chi connectivity index (χ0) is 27.8. The van der Waals surface area contributed by atoms with E-state index in [-0.39, 0.29) is 18.7 Å². The van der Waals surface area contributed by atoms with Gasteiger partial charge in [-0.15, -0.1) is 0 Å². The number of pyridine rings is 1. The third kappa shape index (κ3) is 5.51. The molecule has 0 saturated carbocycles. The van der Waals surface area contributed by atoms with Crippen molar-refractivity contribution in [1.29, 1.82) is 0 Å². The maximum atomic E-state index is 14.3. The number of likely N-dealkylation sites (tertiary alicyclic amines) is 2. The summed E-state index contributed by atoms with van der Waals surface area (Å²) in [5.74, 6) is 1.63. The molecular formula is C34H34ClN3O3. The third-order valence-corrected chi connectivity index (χ3v) is 8.94. The Morgan fingerprint density at radius 3 is 2.49 bits per heavy atom. The number of carbonyl (C=O) groups excluding carboxylic acids is 1. The van der Waals surface area contributed by atoms with Gasteiger partial charge in [0.25, 0.3) is 5.91 Å². The summed E-state index contributed by atoms with van der Waals surface area (Å²) in [7, 11) is 0. The lowest BCUT2D eigenvalue weighted by atomic mass is 9.98. The van der Waals surface area contributed by atoms with E-state index in [1.165, 1.54) is 18.4 Å². The fourth-order valence-electron chi connectivity index (χ4n) is 6.48. The molecule has 7 heteroatoms.